The molecule has 3 aromatic rings. The van der Waals surface area contributed by atoms with Crippen LogP contribution in [0.3, 0.4) is 0 Å². The van der Waals surface area contributed by atoms with Gasteiger partial charge in [0, 0.05) is 0 Å². The third-order valence-corrected chi connectivity index (χ3v) is 11.2. The number of hydrogen-bond acceptors (Lipinski definition) is 3. The normalized spacial score (nSPS) is 15.5. The van der Waals surface area contributed by atoms with E-state index in [0.717, 1.165) is 39.2 Å². The minimum atomic E-state index is -0.215. The Morgan fingerprint density at radius 2 is 1.80 bits per heavy atom. The molecule has 1 aromatic heterocycles. The van der Waals surface area contributed by atoms with Gasteiger partial charge in [-0.15, -0.1) is 0 Å². The summed E-state index contributed by atoms with van der Waals surface area (Å²) in [6.45, 7) is 0. The van der Waals surface area contributed by atoms with Crippen LogP contribution in [0.1, 0.15) is 52.8 Å². The molecular formula is C28H29As2N2O2S. The first-order valence-corrected chi connectivity index (χ1v) is 16.2. The van der Waals surface area contributed by atoms with E-state index < -0.39 is 0 Å². The van der Waals surface area contributed by atoms with Crippen molar-refractivity contribution in [3.63, 3.8) is 0 Å². The molecule has 0 bridgehead atoms. The van der Waals surface area contributed by atoms with Crippen LogP contribution in [0.5, 0.6) is 0 Å². The molecule has 3 radical (unpaired) electrons. The third-order valence-electron chi connectivity index (χ3n) is 6.05. The number of benzene rings is 2. The summed E-state index contributed by atoms with van der Waals surface area (Å²) >= 11 is 4.01. The molecule has 4 nitrogen and oxygen atoms in total. The molecule has 1 fully saturated rings. The van der Waals surface area contributed by atoms with E-state index in [-0.39, 0.29) is 32.3 Å². The van der Waals surface area contributed by atoms with E-state index in [1.165, 1.54) is 24.1 Å². The first-order chi connectivity index (χ1) is 17.1. The van der Waals surface area contributed by atoms with Gasteiger partial charge in [-0.1, -0.05) is 0 Å². The average Bonchev–Trinajstić information content (AvgIpc) is 3.39. The van der Waals surface area contributed by atoms with Gasteiger partial charge in [-0.25, -0.2) is 0 Å². The zero-order valence-electron chi connectivity index (χ0n) is 19.5. The average molecular weight is 607 g/mol. The van der Waals surface area contributed by atoms with Gasteiger partial charge in [0.05, 0.1) is 0 Å². The Morgan fingerprint density at radius 1 is 1.03 bits per heavy atom. The summed E-state index contributed by atoms with van der Waals surface area (Å²) in [5.41, 5.74) is 2.79. The fraction of sp³-hybridized carbons (Fsp3) is 0.286. The Balaban J connectivity index is 1.41. The predicted molar refractivity (Wildman–Crippen MR) is 147 cm³/mol. The SMILES string of the molecule is O=C(/C=C/c1ccc(C([As]Cc2cccs2)C(=O)NC2CCCCC2)cc1)Nc1ccccc1[As]. The Labute approximate surface area is 227 Å². The van der Waals surface area contributed by atoms with Crippen LogP contribution in [0.15, 0.2) is 72.1 Å². The molecule has 0 aliphatic heterocycles. The summed E-state index contributed by atoms with van der Waals surface area (Å²) in [5.74, 6) is 0.00557. The first kappa shape index (κ1) is 26.0. The van der Waals surface area contributed by atoms with E-state index in [9.17, 15) is 9.59 Å². The summed E-state index contributed by atoms with van der Waals surface area (Å²) in [6.07, 6.45) is 9.22. The molecule has 35 heavy (non-hydrogen) atoms. The quantitative estimate of drug-likeness (QED) is 0.277. The standard InChI is InChI=1S/C28H29As2N2O2S/c29-24-10-4-5-11-25(24)32-26(33)17-14-20-12-15-21(16-13-20)27(30-19-23-9-6-18-35-23)28(34)31-22-7-2-1-3-8-22/h4-6,9-18,22,27H,1-3,7-8,19H2,(H,31,34)(H,32,33)/b17-14+. The van der Waals surface area contributed by atoms with Gasteiger partial charge < -0.3 is 0 Å². The van der Waals surface area contributed by atoms with Crippen molar-refractivity contribution in [2.24, 2.45) is 0 Å². The molecule has 2 amide bonds. The summed E-state index contributed by atoms with van der Waals surface area (Å²) in [5, 5.41) is 9.34. The van der Waals surface area contributed by atoms with Crippen LogP contribution in [-0.4, -0.2) is 50.5 Å². The Bertz CT molecular complexity index is 1140. The molecule has 1 aliphatic rings. The van der Waals surface area contributed by atoms with E-state index >= 15 is 0 Å². The first-order valence-electron chi connectivity index (χ1n) is 11.9. The van der Waals surface area contributed by atoms with Crippen molar-refractivity contribution < 1.29 is 9.59 Å². The number of carbonyl (C=O) groups is 2. The van der Waals surface area contributed by atoms with Gasteiger partial charge >= 0.3 is 228 Å². The van der Waals surface area contributed by atoms with Gasteiger partial charge in [0.15, 0.2) is 0 Å². The van der Waals surface area contributed by atoms with E-state index in [1.54, 1.807) is 17.4 Å². The molecule has 179 valence electrons. The summed E-state index contributed by atoms with van der Waals surface area (Å²) < 4.78 is 0.879. The second-order valence-corrected chi connectivity index (χ2v) is 13.2. The second kappa shape index (κ2) is 13.3. The molecular weight excluding hydrogens is 578 g/mol. The molecule has 7 heteroatoms. The van der Waals surface area contributed by atoms with Crippen molar-refractivity contribution in [2.75, 3.05) is 5.32 Å². The van der Waals surface area contributed by atoms with Crippen molar-refractivity contribution in [3.8, 4) is 0 Å². The van der Waals surface area contributed by atoms with Crippen molar-refractivity contribution in [3.05, 3.63) is 88.1 Å². The summed E-state index contributed by atoms with van der Waals surface area (Å²) in [6, 6.07) is 20.3. The van der Waals surface area contributed by atoms with Crippen LogP contribution in [0.4, 0.5) is 5.69 Å². The topological polar surface area (TPSA) is 58.2 Å². The Morgan fingerprint density at radius 3 is 2.51 bits per heavy atom. The number of para-hydroxylation sites is 1. The van der Waals surface area contributed by atoms with E-state index in [4.69, 9.17) is 0 Å². The van der Waals surface area contributed by atoms with Gasteiger partial charge in [0.25, 0.3) is 0 Å². The number of nitrogens with one attached hydrogen (secondary N) is 2. The number of amides is 2. The van der Waals surface area contributed by atoms with Crippen molar-refractivity contribution in [1.82, 2.24) is 5.32 Å². The van der Waals surface area contributed by atoms with Crippen LogP contribution in [-0.2, 0) is 14.8 Å². The fourth-order valence-electron chi connectivity index (χ4n) is 4.17. The minimum absolute atomic E-state index is 0.0872. The van der Waals surface area contributed by atoms with E-state index in [1.807, 2.05) is 54.6 Å². The van der Waals surface area contributed by atoms with Crippen molar-refractivity contribution in [1.29, 1.82) is 0 Å². The summed E-state index contributed by atoms with van der Waals surface area (Å²) in [7, 11) is 0. The molecule has 1 unspecified atom stereocenters. The van der Waals surface area contributed by atoms with E-state index in [0.29, 0.717) is 6.04 Å². The molecule has 1 saturated carbocycles. The second-order valence-electron chi connectivity index (χ2n) is 8.67. The van der Waals surface area contributed by atoms with Crippen LogP contribution in [0, 0.1) is 0 Å². The van der Waals surface area contributed by atoms with Crippen molar-refractivity contribution >= 4 is 71.9 Å². The third kappa shape index (κ3) is 7.97. The zero-order valence-corrected chi connectivity index (χ0v) is 24.1. The number of anilines is 1. The number of hydrogen-bond donors (Lipinski definition) is 2. The maximum absolute atomic E-state index is 13.3. The molecule has 4 rings (SSSR count). The van der Waals surface area contributed by atoms with Crippen LogP contribution in [0.2, 0.25) is 0 Å². The molecule has 1 aliphatic carbocycles. The number of thiophene rings is 1. The Kier molecular flexibility index (Phi) is 9.89. The van der Waals surface area contributed by atoms with Gasteiger partial charge in [-0.05, 0) is 0 Å². The number of rotatable bonds is 9. The monoisotopic (exact) mass is 607 g/mol. The maximum atomic E-state index is 13.3. The van der Waals surface area contributed by atoms with Crippen LogP contribution >= 0.6 is 11.3 Å². The fourth-order valence-corrected chi connectivity index (χ4v) is 8.33. The van der Waals surface area contributed by atoms with Gasteiger partial charge in [0.2, 0.25) is 0 Å². The number of carbonyl (C=O) groups excluding carboxylic acids is 2. The van der Waals surface area contributed by atoms with Crippen molar-refractivity contribution in [2.45, 2.75) is 48.1 Å². The summed E-state index contributed by atoms with van der Waals surface area (Å²) in [4.78, 5) is 27.0. The molecule has 1 atom stereocenters. The Hall–Kier alpha value is -2.06. The van der Waals surface area contributed by atoms with Gasteiger partial charge in [-0.3, -0.25) is 0 Å². The molecule has 0 spiro atoms. The zero-order chi connectivity index (χ0) is 24.5. The molecule has 1 heterocycles. The predicted octanol–water partition coefficient (Wildman–Crippen LogP) is 4.59. The van der Waals surface area contributed by atoms with Crippen LogP contribution < -0.4 is 15.0 Å². The molecule has 2 N–H and O–H groups in total. The van der Waals surface area contributed by atoms with E-state index in [2.05, 4.69) is 45.0 Å². The van der Waals surface area contributed by atoms with Gasteiger partial charge in [0.1, 0.15) is 0 Å². The molecule has 0 saturated heterocycles. The molecule has 2 aromatic carbocycles. The van der Waals surface area contributed by atoms with Gasteiger partial charge in [-0.2, -0.15) is 0 Å². The van der Waals surface area contributed by atoms with Crippen LogP contribution in [0.25, 0.3) is 6.08 Å².